The molecule has 0 fully saturated rings. The van der Waals surface area contributed by atoms with E-state index in [0.717, 1.165) is 46.7 Å². The van der Waals surface area contributed by atoms with Crippen molar-refractivity contribution in [1.29, 1.82) is 0 Å². The predicted molar refractivity (Wildman–Crippen MR) is 299 cm³/mol. The zero-order valence-corrected chi connectivity index (χ0v) is 41.1. The largest absolute Gasteiger partial charge is 0.368 e. The van der Waals surface area contributed by atoms with Gasteiger partial charge in [-0.15, -0.1) is 0 Å². The Bertz CT molecular complexity index is 3830. The normalized spacial score (nSPS) is 15.8. The van der Waals surface area contributed by atoms with Gasteiger partial charge in [0.25, 0.3) is 0 Å². The van der Waals surface area contributed by atoms with E-state index in [0.29, 0.717) is 13.2 Å². The molecule has 0 radical (unpaired) electrons. The maximum absolute atomic E-state index is 6.64. The Balaban J connectivity index is 0.815. The third-order valence-electron chi connectivity index (χ3n) is 16.0. The van der Waals surface area contributed by atoms with Gasteiger partial charge in [-0.3, -0.25) is 0 Å². The number of benzene rings is 10. The summed E-state index contributed by atoms with van der Waals surface area (Å²) in [5.41, 5.74) is 24.5. The van der Waals surface area contributed by atoms with E-state index in [4.69, 9.17) is 9.47 Å². The molecule has 2 atom stereocenters. The average Bonchev–Trinajstić information content (AvgIpc) is 3.87. The molecule has 352 valence electrons. The Kier molecular flexibility index (Phi) is 10.4. The van der Waals surface area contributed by atoms with Gasteiger partial charge in [0.15, 0.2) is 0 Å². The van der Waals surface area contributed by atoms with Crippen LogP contribution in [0.4, 0.5) is 17.1 Å². The summed E-state index contributed by atoms with van der Waals surface area (Å²) in [6.07, 6.45) is 2.14. The molecule has 0 amide bonds. The van der Waals surface area contributed by atoms with Crippen molar-refractivity contribution < 1.29 is 9.47 Å². The van der Waals surface area contributed by atoms with Gasteiger partial charge in [-0.05, 0) is 145 Å². The van der Waals surface area contributed by atoms with Gasteiger partial charge in [-0.25, -0.2) is 0 Å². The maximum atomic E-state index is 6.64. The lowest BCUT2D eigenvalue weighted by Gasteiger charge is -2.30. The van der Waals surface area contributed by atoms with Crippen molar-refractivity contribution in [3.8, 4) is 39.1 Å². The molecule has 73 heavy (non-hydrogen) atoms. The summed E-state index contributed by atoms with van der Waals surface area (Å²) >= 11 is 0. The third-order valence-corrected chi connectivity index (χ3v) is 16.0. The molecule has 11 aromatic rings. The summed E-state index contributed by atoms with van der Waals surface area (Å²) in [4.78, 5) is 2.41. The van der Waals surface area contributed by atoms with Crippen LogP contribution in [0, 0.1) is 0 Å². The predicted octanol–water partition coefficient (Wildman–Crippen LogP) is 17.5. The van der Waals surface area contributed by atoms with Gasteiger partial charge in [0.05, 0.1) is 36.5 Å². The molecular formula is C69H54N2O2. The van der Waals surface area contributed by atoms with Gasteiger partial charge >= 0.3 is 0 Å². The Morgan fingerprint density at radius 1 is 0.425 bits per heavy atom. The lowest BCUT2D eigenvalue weighted by Crippen LogP contribution is -2.20. The first kappa shape index (κ1) is 43.5. The third kappa shape index (κ3) is 7.52. The van der Waals surface area contributed by atoms with Gasteiger partial charge in [0.1, 0.15) is 0 Å². The fourth-order valence-electron chi connectivity index (χ4n) is 12.1. The lowest BCUT2D eigenvalue weighted by atomic mass is 9.82. The van der Waals surface area contributed by atoms with E-state index >= 15 is 0 Å². The molecule has 0 saturated heterocycles. The molecule has 4 heteroatoms. The molecule has 4 nitrogen and oxygen atoms in total. The smallest absolute Gasteiger partial charge is 0.0872 e. The Morgan fingerprint density at radius 3 is 1.62 bits per heavy atom. The number of ether oxygens (including phenoxy) is 2. The standard InChI is InChI=1S/C69H54N2O2/c1-69(2)63-22-12-10-20-59(63)60-34-33-55(42-64(60)69)70(53-29-24-48(25-30-53)47-14-4-3-5-15-47)54-31-26-49(27-32-54)50-28-35-66-62(39-50)61-21-11-13-23-65(61)71(66)56-37-45(43-72-67-40-51-16-6-8-18-57(51)67)36-46(38-56)44-73-68-41-52-17-7-9-19-58(52)68/h3-39,42,67-68H,40-41,43-44H2,1-2H3. The van der Waals surface area contributed by atoms with Crippen LogP contribution in [0.25, 0.3) is 60.9 Å². The van der Waals surface area contributed by atoms with E-state index in [1.807, 2.05) is 0 Å². The molecule has 1 heterocycles. The Hall–Kier alpha value is -8.28. The first-order chi connectivity index (χ1) is 35.9. The number of anilines is 3. The number of fused-ring (bicyclic) bond motifs is 8. The molecule has 3 aliphatic rings. The maximum Gasteiger partial charge on any atom is 0.0872 e. The van der Waals surface area contributed by atoms with Crippen LogP contribution in [0.5, 0.6) is 0 Å². The summed E-state index contributed by atoms with van der Waals surface area (Å²) < 4.78 is 15.7. The fraction of sp³-hybridized carbons (Fsp3) is 0.130. The Labute approximate surface area is 427 Å². The van der Waals surface area contributed by atoms with E-state index in [-0.39, 0.29) is 17.6 Å². The van der Waals surface area contributed by atoms with Crippen molar-refractivity contribution in [1.82, 2.24) is 4.57 Å². The number of aromatic nitrogens is 1. The minimum atomic E-state index is -0.115. The van der Waals surface area contributed by atoms with Gasteiger partial charge in [-0.2, -0.15) is 0 Å². The second kappa shape index (κ2) is 17.5. The van der Waals surface area contributed by atoms with E-state index in [1.54, 1.807) is 0 Å². The summed E-state index contributed by atoms with van der Waals surface area (Å²) in [5, 5.41) is 2.44. The minimum Gasteiger partial charge on any atom is -0.368 e. The van der Waals surface area contributed by atoms with Gasteiger partial charge < -0.3 is 18.9 Å². The first-order valence-corrected chi connectivity index (χ1v) is 25.8. The van der Waals surface area contributed by atoms with E-state index in [1.165, 1.54) is 88.6 Å². The molecule has 10 aromatic carbocycles. The molecule has 2 unspecified atom stereocenters. The quantitative estimate of drug-likeness (QED) is 0.122. The summed E-state index contributed by atoms with van der Waals surface area (Å²) in [6, 6.07) is 84.6. The fourth-order valence-corrected chi connectivity index (χ4v) is 12.1. The van der Waals surface area contributed by atoms with Crippen LogP contribution in [0.15, 0.2) is 231 Å². The SMILES string of the molecule is CC1(C)c2ccccc2-c2ccc(N(c3ccc(-c4ccccc4)cc3)c3ccc(-c4ccc5c(c4)c4ccccc4n5-c4cc(COC5Cc6ccccc65)cc(COC5Cc6ccccc65)c4)cc3)cc21. The highest BCUT2D eigenvalue weighted by Gasteiger charge is 2.36. The second-order valence-corrected chi connectivity index (χ2v) is 20.7. The van der Waals surface area contributed by atoms with Crippen molar-refractivity contribution in [2.24, 2.45) is 0 Å². The van der Waals surface area contributed by atoms with E-state index in [2.05, 4.69) is 254 Å². The van der Waals surface area contributed by atoms with Gasteiger partial charge in [0.2, 0.25) is 0 Å². The number of rotatable bonds is 12. The number of para-hydroxylation sites is 1. The van der Waals surface area contributed by atoms with Crippen LogP contribution in [0.2, 0.25) is 0 Å². The minimum absolute atomic E-state index is 0.115. The topological polar surface area (TPSA) is 26.6 Å². The molecule has 14 rings (SSSR count). The van der Waals surface area contributed by atoms with Crippen LogP contribution in [-0.4, -0.2) is 4.57 Å². The van der Waals surface area contributed by atoms with E-state index < -0.39 is 0 Å². The average molecular weight is 943 g/mol. The molecule has 0 N–H and O–H groups in total. The first-order valence-electron chi connectivity index (χ1n) is 25.8. The highest BCUT2D eigenvalue weighted by Crippen LogP contribution is 2.51. The second-order valence-electron chi connectivity index (χ2n) is 20.7. The van der Waals surface area contributed by atoms with Crippen LogP contribution in [0.3, 0.4) is 0 Å². The highest BCUT2D eigenvalue weighted by atomic mass is 16.5. The Morgan fingerprint density at radius 2 is 0.945 bits per heavy atom. The van der Waals surface area contributed by atoms with Crippen molar-refractivity contribution in [3.05, 3.63) is 275 Å². The monoisotopic (exact) mass is 942 g/mol. The van der Waals surface area contributed by atoms with Gasteiger partial charge in [0, 0.05) is 51.8 Å². The van der Waals surface area contributed by atoms with Crippen molar-refractivity contribution in [2.45, 2.75) is 57.5 Å². The highest BCUT2D eigenvalue weighted by molar-refractivity contribution is 6.10. The summed E-state index contributed by atoms with van der Waals surface area (Å²) in [5.74, 6) is 0. The van der Waals surface area contributed by atoms with Crippen molar-refractivity contribution >= 4 is 38.9 Å². The summed E-state index contributed by atoms with van der Waals surface area (Å²) in [6.45, 7) is 5.76. The van der Waals surface area contributed by atoms with Crippen molar-refractivity contribution in [3.63, 3.8) is 0 Å². The molecule has 0 spiro atoms. The van der Waals surface area contributed by atoms with Crippen LogP contribution < -0.4 is 4.90 Å². The van der Waals surface area contributed by atoms with Crippen LogP contribution >= 0.6 is 0 Å². The lowest BCUT2D eigenvalue weighted by molar-refractivity contribution is 0.0217. The molecule has 3 aliphatic carbocycles. The van der Waals surface area contributed by atoms with Crippen LogP contribution in [-0.2, 0) is 40.9 Å². The van der Waals surface area contributed by atoms with Crippen LogP contribution in [0.1, 0.15) is 70.6 Å². The molecule has 0 aliphatic heterocycles. The van der Waals surface area contributed by atoms with E-state index in [9.17, 15) is 0 Å². The molecule has 1 aromatic heterocycles. The number of nitrogens with zero attached hydrogens (tertiary/aromatic N) is 2. The van der Waals surface area contributed by atoms with Crippen molar-refractivity contribution in [2.75, 3.05) is 4.90 Å². The molecule has 0 bridgehead atoms. The number of hydrogen-bond donors (Lipinski definition) is 0. The summed E-state index contributed by atoms with van der Waals surface area (Å²) in [7, 11) is 0. The number of hydrogen-bond acceptors (Lipinski definition) is 3. The van der Waals surface area contributed by atoms with Gasteiger partial charge in [-0.1, -0.05) is 178 Å². The molecular weight excluding hydrogens is 889 g/mol. The zero-order valence-electron chi connectivity index (χ0n) is 41.1. The molecule has 0 saturated carbocycles. The zero-order chi connectivity index (χ0) is 48.6.